The predicted octanol–water partition coefficient (Wildman–Crippen LogP) is 5.53. The first-order valence-corrected chi connectivity index (χ1v) is 10.9. The van der Waals surface area contributed by atoms with Crippen molar-refractivity contribution in [3.8, 4) is 11.3 Å². The van der Waals surface area contributed by atoms with E-state index in [4.69, 9.17) is 20.9 Å². The van der Waals surface area contributed by atoms with Crippen LogP contribution in [0.5, 0.6) is 0 Å². The molecule has 0 unspecified atom stereocenters. The monoisotopic (exact) mass is 444 g/mol. The van der Waals surface area contributed by atoms with Crippen LogP contribution in [0.3, 0.4) is 0 Å². The van der Waals surface area contributed by atoms with Crippen LogP contribution in [-0.2, 0) is 17.6 Å². The molecule has 1 aromatic carbocycles. The molecule has 0 saturated carbocycles. The van der Waals surface area contributed by atoms with Crippen LogP contribution in [0.15, 0.2) is 28.8 Å². The number of benzene rings is 1. The van der Waals surface area contributed by atoms with Crippen molar-refractivity contribution < 1.29 is 18.8 Å². The van der Waals surface area contributed by atoms with Gasteiger partial charge in [-0.25, -0.2) is 4.79 Å². The summed E-state index contributed by atoms with van der Waals surface area (Å²) in [6.07, 6.45) is 2.68. The highest BCUT2D eigenvalue weighted by Crippen LogP contribution is 2.40. The summed E-state index contributed by atoms with van der Waals surface area (Å²) in [6, 6.07) is 7.13. The first kappa shape index (κ1) is 20.6. The van der Waals surface area contributed by atoms with Crippen molar-refractivity contribution in [1.29, 1.82) is 0 Å². The van der Waals surface area contributed by atoms with Crippen molar-refractivity contribution in [2.24, 2.45) is 5.92 Å². The number of anilines is 1. The second kappa shape index (κ2) is 8.24. The summed E-state index contributed by atoms with van der Waals surface area (Å²) in [5, 5.41) is 7.92. The maximum absolute atomic E-state index is 13.2. The van der Waals surface area contributed by atoms with Crippen molar-refractivity contribution in [2.45, 2.75) is 33.1 Å². The number of thiophene rings is 1. The molecule has 1 aliphatic rings. The lowest BCUT2D eigenvalue weighted by Crippen LogP contribution is -2.16. The Morgan fingerprint density at radius 3 is 2.80 bits per heavy atom. The summed E-state index contributed by atoms with van der Waals surface area (Å²) < 4.78 is 10.3. The van der Waals surface area contributed by atoms with Crippen molar-refractivity contribution in [3.05, 3.63) is 56.6 Å². The molecule has 6 nitrogen and oxygen atoms in total. The second-order valence-electron chi connectivity index (χ2n) is 7.44. The zero-order chi connectivity index (χ0) is 21.4. The van der Waals surface area contributed by atoms with Crippen molar-refractivity contribution in [2.75, 3.05) is 12.4 Å². The van der Waals surface area contributed by atoms with Crippen molar-refractivity contribution >= 4 is 39.8 Å². The molecule has 4 rings (SSSR count). The molecule has 1 amide bonds. The van der Waals surface area contributed by atoms with E-state index in [1.165, 1.54) is 18.4 Å². The molecule has 0 radical (unpaired) electrons. The number of esters is 1. The standard InChI is InChI=1S/C22H21ClN2O4S/c1-11-8-9-14-16(10-11)30-21(18(14)22(27)28-3)24-20(26)17-12(2)29-25-19(17)13-6-4-5-7-15(13)23/h4-7,11H,8-10H2,1-3H3,(H,24,26)/t11-/m0/s1. The third-order valence-corrected chi connectivity index (χ3v) is 6.85. The van der Waals surface area contributed by atoms with Gasteiger partial charge in [-0.15, -0.1) is 11.3 Å². The summed E-state index contributed by atoms with van der Waals surface area (Å²) in [6.45, 7) is 3.86. The lowest BCUT2D eigenvalue weighted by atomic mass is 9.88. The first-order valence-electron chi connectivity index (χ1n) is 9.66. The number of nitrogens with one attached hydrogen (secondary N) is 1. The molecule has 0 fully saturated rings. The van der Waals surface area contributed by atoms with Crippen LogP contribution in [-0.4, -0.2) is 24.1 Å². The number of carbonyl (C=O) groups is 2. The zero-order valence-electron chi connectivity index (χ0n) is 16.9. The molecule has 0 spiro atoms. The number of methoxy groups -OCH3 is 1. The summed E-state index contributed by atoms with van der Waals surface area (Å²) in [4.78, 5) is 26.9. The summed E-state index contributed by atoms with van der Waals surface area (Å²) >= 11 is 7.74. The number of fused-ring (bicyclic) bond motifs is 1. The number of carbonyl (C=O) groups excluding carboxylic acids is 2. The number of nitrogens with zero attached hydrogens (tertiary/aromatic N) is 1. The molecule has 3 aromatic rings. The number of hydrogen-bond donors (Lipinski definition) is 1. The molecule has 0 aliphatic heterocycles. The van der Waals surface area contributed by atoms with Crippen LogP contribution in [0.2, 0.25) is 5.02 Å². The maximum atomic E-state index is 13.2. The lowest BCUT2D eigenvalue weighted by Gasteiger charge is -2.18. The number of rotatable bonds is 4. The smallest absolute Gasteiger partial charge is 0.341 e. The van der Waals surface area contributed by atoms with Crippen LogP contribution in [0.1, 0.15) is 50.3 Å². The molecular formula is C22H21ClN2O4S. The molecule has 2 heterocycles. The van der Waals surface area contributed by atoms with E-state index >= 15 is 0 Å². The van der Waals surface area contributed by atoms with Crippen LogP contribution >= 0.6 is 22.9 Å². The Labute approximate surface area is 183 Å². The van der Waals surface area contributed by atoms with E-state index in [1.54, 1.807) is 25.1 Å². The minimum absolute atomic E-state index is 0.290. The van der Waals surface area contributed by atoms with Gasteiger partial charge < -0.3 is 14.6 Å². The topological polar surface area (TPSA) is 81.4 Å². The largest absolute Gasteiger partial charge is 0.465 e. The van der Waals surface area contributed by atoms with Gasteiger partial charge in [0.2, 0.25) is 0 Å². The molecule has 156 valence electrons. The van der Waals surface area contributed by atoms with Gasteiger partial charge in [0.15, 0.2) is 0 Å². The van der Waals surface area contributed by atoms with Crippen molar-refractivity contribution in [3.63, 3.8) is 0 Å². The normalized spacial score (nSPS) is 15.5. The Bertz CT molecular complexity index is 1130. The number of ether oxygens (including phenoxy) is 1. The van der Waals surface area contributed by atoms with E-state index in [0.717, 1.165) is 29.7 Å². The summed E-state index contributed by atoms with van der Waals surface area (Å²) in [5.41, 5.74) is 2.69. The number of halogens is 1. The van der Waals surface area contributed by atoms with Crippen LogP contribution in [0.25, 0.3) is 11.3 Å². The fraction of sp³-hybridized carbons (Fsp3) is 0.318. The SMILES string of the molecule is COC(=O)c1c(NC(=O)c2c(-c3ccccc3Cl)noc2C)sc2c1CC[C@H](C)C2. The van der Waals surface area contributed by atoms with Crippen molar-refractivity contribution in [1.82, 2.24) is 5.16 Å². The fourth-order valence-corrected chi connectivity index (χ4v) is 5.42. The van der Waals surface area contributed by atoms with E-state index in [1.807, 2.05) is 6.07 Å². The maximum Gasteiger partial charge on any atom is 0.341 e. The van der Waals surface area contributed by atoms with E-state index in [2.05, 4.69) is 17.4 Å². The van der Waals surface area contributed by atoms with Gasteiger partial charge in [0, 0.05) is 10.4 Å². The number of hydrogen-bond acceptors (Lipinski definition) is 6. The van der Waals surface area contributed by atoms with E-state index in [0.29, 0.717) is 44.1 Å². The lowest BCUT2D eigenvalue weighted by molar-refractivity contribution is 0.0601. The number of amides is 1. The molecule has 8 heteroatoms. The van der Waals surface area contributed by atoms with E-state index < -0.39 is 11.9 Å². The Hall–Kier alpha value is -2.64. The second-order valence-corrected chi connectivity index (χ2v) is 8.96. The van der Waals surface area contributed by atoms with Crippen LogP contribution in [0.4, 0.5) is 5.00 Å². The highest BCUT2D eigenvalue weighted by molar-refractivity contribution is 7.17. The first-order chi connectivity index (χ1) is 14.4. The van der Waals surface area contributed by atoms with E-state index in [9.17, 15) is 9.59 Å². The minimum atomic E-state index is -0.439. The molecule has 2 aromatic heterocycles. The highest BCUT2D eigenvalue weighted by atomic mass is 35.5. The molecular weight excluding hydrogens is 424 g/mol. The minimum Gasteiger partial charge on any atom is -0.465 e. The molecule has 1 atom stereocenters. The van der Waals surface area contributed by atoms with Gasteiger partial charge in [-0.2, -0.15) is 0 Å². The van der Waals surface area contributed by atoms with Gasteiger partial charge in [0.05, 0.1) is 17.7 Å². The van der Waals surface area contributed by atoms with Gasteiger partial charge in [-0.1, -0.05) is 41.9 Å². The Balaban J connectivity index is 1.73. The Morgan fingerprint density at radius 1 is 1.30 bits per heavy atom. The van der Waals surface area contributed by atoms with Crippen LogP contribution < -0.4 is 5.32 Å². The number of aromatic nitrogens is 1. The van der Waals surface area contributed by atoms with Gasteiger partial charge in [-0.05, 0) is 43.7 Å². The third-order valence-electron chi connectivity index (χ3n) is 5.35. The van der Waals surface area contributed by atoms with Gasteiger partial charge in [0.25, 0.3) is 5.91 Å². The molecule has 30 heavy (non-hydrogen) atoms. The third kappa shape index (κ3) is 3.63. The van der Waals surface area contributed by atoms with E-state index in [-0.39, 0.29) is 0 Å². The van der Waals surface area contributed by atoms with Gasteiger partial charge in [0.1, 0.15) is 22.0 Å². The highest BCUT2D eigenvalue weighted by Gasteiger charge is 2.30. The average molecular weight is 445 g/mol. The quantitative estimate of drug-likeness (QED) is 0.535. The van der Waals surface area contributed by atoms with Crippen LogP contribution in [0, 0.1) is 12.8 Å². The Kier molecular flexibility index (Phi) is 5.66. The van der Waals surface area contributed by atoms with Gasteiger partial charge >= 0.3 is 5.97 Å². The van der Waals surface area contributed by atoms with Gasteiger partial charge in [-0.3, -0.25) is 4.79 Å². The Morgan fingerprint density at radius 2 is 2.07 bits per heavy atom. The molecule has 0 bridgehead atoms. The fourth-order valence-electron chi connectivity index (χ4n) is 3.80. The average Bonchev–Trinajstić information content (AvgIpc) is 3.27. The predicted molar refractivity (Wildman–Crippen MR) is 116 cm³/mol. The molecule has 1 N–H and O–H groups in total. The molecule has 0 saturated heterocycles. The summed E-state index contributed by atoms with van der Waals surface area (Å²) in [7, 11) is 1.35. The number of aryl methyl sites for hydroxylation is 1. The summed E-state index contributed by atoms with van der Waals surface area (Å²) in [5.74, 6) is 0.0699. The molecule has 1 aliphatic carbocycles. The zero-order valence-corrected chi connectivity index (χ0v) is 18.4.